The molecule has 0 saturated heterocycles. The molecule has 188 valence electrons. The van der Waals surface area contributed by atoms with Crippen molar-refractivity contribution in [2.45, 2.75) is 34.1 Å². The smallest absolute Gasteiger partial charge is 0.286 e. The zero-order chi connectivity index (χ0) is 25.9. The molecule has 0 unspecified atom stereocenters. The van der Waals surface area contributed by atoms with Crippen LogP contribution in [0.2, 0.25) is 0 Å². The number of amides is 2. The van der Waals surface area contributed by atoms with Crippen LogP contribution in [0.15, 0.2) is 30.3 Å². The van der Waals surface area contributed by atoms with E-state index in [1.165, 1.54) is 20.3 Å². The Labute approximate surface area is 204 Å². The number of nitro groups is 1. The van der Waals surface area contributed by atoms with Gasteiger partial charge in [0, 0.05) is 24.4 Å². The van der Waals surface area contributed by atoms with Crippen LogP contribution in [0.5, 0.6) is 17.2 Å². The molecule has 10 nitrogen and oxygen atoms in total. The van der Waals surface area contributed by atoms with Gasteiger partial charge in [-0.05, 0) is 38.3 Å². The van der Waals surface area contributed by atoms with Gasteiger partial charge in [0.05, 0.1) is 36.3 Å². The summed E-state index contributed by atoms with van der Waals surface area (Å²) >= 11 is 0. The van der Waals surface area contributed by atoms with Crippen molar-refractivity contribution in [1.29, 1.82) is 0 Å². The highest BCUT2D eigenvalue weighted by Gasteiger charge is 2.37. The van der Waals surface area contributed by atoms with Gasteiger partial charge in [0.2, 0.25) is 5.91 Å². The Bertz CT molecular complexity index is 1140. The Morgan fingerprint density at radius 1 is 1.20 bits per heavy atom. The van der Waals surface area contributed by atoms with Gasteiger partial charge in [0.1, 0.15) is 17.9 Å². The summed E-state index contributed by atoms with van der Waals surface area (Å²) in [6.45, 7) is 8.58. The first-order valence-corrected chi connectivity index (χ1v) is 11.3. The maximum absolute atomic E-state index is 13.2. The number of nitro benzene ring substituents is 1. The summed E-state index contributed by atoms with van der Waals surface area (Å²) in [4.78, 5) is 38.9. The molecule has 0 atom stereocenters. The van der Waals surface area contributed by atoms with E-state index in [2.05, 4.69) is 19.2 Å². The molecule has 0 spiro atoms. The summed E-state index contributed by atoms with van der Waals surface area (Å²) in [6.07, 6.45) is 0.822. The van der Waals surface area contributed by atoms with Crippen molar-refractivity contribution in [2.24, 2.45) is 11.3 Å². The minimum absolute atomic E-state index is 0.0327. The van der Waals surface area contributed by atoms with Crippen LogP contribution < -0.4 is 24.4 Å². The number of fused-ring (bicyclic) bond motifs is 1. The minimum atomic E-state index is -0.723. The number of benzene rings is 2. The molecule has 2 aromatic carbocycles. The fraction of sp³-hybridized carbons (Fsp3) is 0.440. The summed E-state index contributed by atoms with van der Waals surface area (Å²) < 4.78 is 16.3. The number of hydrogen-bond acceptors (Lipinski definition) is 7. The summed E-state index contributed by atoms with van der Waals surface area (Å²) in [5, 5.41) is 14.3. The van der Waals surface area contributed by atoms with Crippen LogP contribution >= 0.6 is 0 Å². The van der Waals surface area contributed by atoms with Crippen molar-refractivity contribution in [3.8, 4) is 17.2 Å². The molecule has 1 N–H and O–H groups in total. The topological polar surface area (TPSA) is 120 Å². The zero-order valence-electron chi connectivity index (χ0n) is 20.8. The highest BCUT2D eigenvalue weighted by atomic mass is 16.6. The SMILES string of the molecule is COc1cc(C(=O)Nc2ccc3c(c2)OCC(C)(C)C(=O)N3CCC(C)C)c([N+](=O)[O-])cc1OC. The third kappa shape index (κ3) is 5.47. The number of nitrogens with one attached hydrogen (secondary N) is 1. The molecule has 0 saturated carbocycles. The van der Waals surface area contributed by atoms with Gasteiger partial charge in [0.25, 0.3) is 11.6 Å². The van der Waals surface area contributed by atoms with Gasteiger partial charge in [-0.3, -0.25) is 19.7 Å². The highest BCUT2D eigenvalue weighted by Crippen LogP contribution is 2.39. The van der Waals surface area contributed by atoms with Gasteiger partial charge in [0.15, 0.2) is 11.5 Å². The zero-order valence-corrected chi connectivity index (χ0v) is 20.8. The Morgan fingerprint density at radius 2 is 1.86 bits per heavy atom. The van der Waals surface area contributed by atoms with Gasteiger partial charge in [-0.25, -0.2) is 0 Å². The summed E-state index contributed by atoms with van der Waals surface area (Å²) in [5.41, 5.74) is -0.332. The number of anilines is 2. The fourth-order valence-electron chi connectivity index (χ4n) is 3.73. The van der Waals surface area contributed by atoms with E-state index in [0.717, 1.165) is 12.5 Å². The van der Waals surface area contributed by atoms with Gasteiger partial charge >= 0.3 is 0 Å². The lowest BCUT2D eigenvalue weighted by Crippen LogP contribution is -2.42. The predicted molar refractivity (Wildman–Crippen MR) is 132 cm³/mol. The maximum Gasteiger partial charge on any atom is 0.286 e. The van der Waals surface area contributed by atoms with Crippen LogP contribution in [0.25, 0.3) is 0 Å². The Balaban J connectivity index is 1.95. The molecule has 1 heterocycles. The number of carbonyl (C=O) groups excluding carboxylic acids is 2. The second-order valence-electron chi connectivity index (χ2n) is 9.43. The van der Waals surface area contributed by atoms with Crippen LogP contribution in [0, 0.1) is 21.4 Å². The second kappa shape index (κ2) is 10.2. The Morgan fingerprint density at radius 3 is 2.46 bits per heavy atom. The average Bonchev–Trinajstić information content (AvgIpc) is 2.90. The number of hydrogen-bond donors (Lipinski definition) is 1. The first kappa shape index (κ1) is 25.8. The largest absolute Gasteiger partial charge is 0.493 e. The fourth-order valence-corrected chi connectivity index (χ4v) is 3.73. The van der Waals surface area contributed by atoms with Crippen molar-refractivity contribution in [3.05, 3.63) is 46.0 Å². The normalized spacial score (nSPS) is 14.6. The van der Waals surface area contributed by atoms with Gasteiger partial charge in [-0.15, -0.1) is 0 Å². The van der Waals surface area contributed by atoms with Gasteiger partial charge in [-0.1, -0.05) is 13.8 Å². The van der Waals surface area contributed by atoms with E-state index in [1.807, 2.05) is 13.8 Å². The molecule has 35 heavy (non-hydrogen) atoms. The number of carbonyl (C=O) groups is 2. The molecule has 1 aliphatic heterocycles. The van der Waals surface area contributed by atoms with E-state index in [4.69, 9.17) is 14.2 Å². The predicted octanol–water partition coefficient (Wildman–Crippen LogP) is 4.66. The molecular formula is C25H31N3O7. The molecule has 2 aromatic rings. The van der Waals surface area contributed by atoms with Crippen LogP contribution in [-0.2, 0) is 4.79 Å². The molecule has 2 amide bonds. The molecule has 0 bridgehead atoms. The van der Waals surface area contributed by atoms with Crippen LogP contribution in [0.1, 0.15) is 44.5 Å². The second-order valence-corrected chi connectivity index (χ2v) is 9.43. The van der Waals surface area contributed by atoms with E-state index >= 15 is 0 Å². The molecule has 0 fully saturated rings. The van der Waals surface area contributed by atoms with Crippen molar-refractivity contribution in [2.75, 3.05) is 37.6 Å². The molecule has 1 aliphatic rings. The van der Waals surface area contributed by atoms with Crippen molar-refractivity contribution < 1.29 is 28.7 Å². The molecule has 3 rings (SSSR count). The third-order valence-electron chi connectivity index (χ3n) is 5.79. The molecule has 0 aromatic heterocycles. The molecule has 10 heteroatoms. The van der Waals surface area contributed by atoms with E-state index in [-0.39, 0.29) is 29.6 Å². The number of methoxy groups -OCH3 is 2. The minimum Gasteiger partial charge on any atom is -0.493 e. The summed E-state index contributed by atoms with van der Waals surface area (Å²) in [7, 11) is 2.73. The quantitative estimate of drug-likeness (QED) is 0.426. The summed E-state index contributed by atoms with van der Waals surface area (Å²) in [6, 6.07) is 7.39. The van der Waals surface area contributed by atoms with E-state index < -0.39 is 21.9 Å². The lowest BCUT2D eigenvalue weighted by molar-refractivity contribution is -0.385. The lowest BCUT2D eigenvalue weighted by atomic mass is 9.92. The van der Waals surface area contributed by atoms with E-state index in [0.29, 0.717) is 29.6 Å². The monoisotopic (exact) mass is 485 g/mol. The lowest BCUT2D eigenvalue weighted by Gasteiger charge is -2.28. The third-order valence-corrected chi connectivity index (χ3v) is 5.79. The van der Waals surface area contributed by atoms with Crippen molar-refractivity contribution >= 4 is 28.9 Å². The Kier molecular flexibility index (Phi) is 7.52. The van der Waals surface area contributed by atoms with Crippen LogP contribution in [0.4, 0.5) is 17.1 Å². The number of ether oxygens (including phenoxy) is 3. The average molecular weight is 486 g/mol. The molecule has 0 radical (unpaired) electrons. The highest BCUT2D eigenvalue weighted by molar-refractivity contribution is 6.08. The van der Waals surface area contributed by atoms with Crippen molar-refractivity contribution in [1.82, 2.24) is 0 Å². The maximum atomic E-state index is 13.2. The standard InChI is InChI=1S/C25H31N3O7/c1-15(2)9-10-27-18-8-7-16(11-20(18)35-14-25(3,4)24(27)30)26-23(29)17-12-21(33-5)22(34-6)13-19(17)28(31)32/h7-8,11-13,15H,9-10,14H2,1-6H3,(H,26,29). The van der Waals surface area contributed by atoms with Gasteiger partial charge < -0.3 is 24.4 Å². The van der Waals surface area contributed by atoms with Crippen LogP contribution in [-0.4, -0.2) is 44.1 Å². The first-order valence-electron chi connectivity index (χ1n) is 11.3. The van der Waals surface area contributed by atoms with Gasteiger partial charge in [-0.2, -0.15) is 0 Å². The number of rotatable bonds is 8. The Hall–Kier alpha value is -3.82. The summed E-state index contributed by atoms with van der Waals surface area (Å²) in [5.74, 6) is 0.466. The molecule has 0 aliphatic carbocycles. The van der Waals surface area contributed by atoms with E-state index in [1.54, 1.807) is 23.1 Å². The van der Waals surface area contributed by atoms with Crippen LogP contribution in [0.3, 0.4) is 0 Å². The number of nitrogens with zero attached hydrogens (tertiary/aromatic N) is 2. The van der Waals surface area contributed by atoms with Crippen molar-refractivity contribution in [3.63, 3.8) is 0 Å². The van der Waals surface area contributed by atoms with E-state index in [9.17, 15) is 19.7 Å². The molecular weight excluding hydrogens is 454 g/mol. The first-order chi connectivity index (χ1) is 16.5.